The first-order chi connectivity index (χ1) is 10.7. The van der Waals surface area contributed by atoms with Crippen LogP contribution in [-0.4, -0.2) is 18.6 Å². The van der Waals surface area contributed by atoms with Crippen LogP contribution in [0.25, 0.3) is 0 Å². The summed E-state index contributed by atoms with van der Waals surface area (Å²) >= 11 is 6.12. The molecule has 1 aliphatic heterocycles. The van der Waals surface area contributed by atoms with Crippen LogP contribution < -0.4 is 9.64 Å². The van der Waals surface area contributed by atoms with Gasteiger partial charge in [0.25, 0.3) is 5.91 Å². The van der Waals surface area contributed by atoms with Crippen LogP contribution >= 0.6 is 11.6 Å². The zero-order valence-electron chi connectivity index (χ0n) is 12.5. The van der Waals surface area contributed by atoms with Crippen molar-refractivity contribution >= 4 is 23.2 Å². The van der Waals surface area contributed by atoms with Crippen molar-refractivity contribution in [2.45, 2.75) is 25.9 Å². The number of rotatable bonds is 4. The van der Waals surface area contributed by atoms with E-state index in [4.69, 9.17) is 16.3 Å². The number of nitrogens with zero attached hydrogens (tertiary/aromatic N) is 1. The summed E-state index contributed by atoms with van der Waals surface area (Å²) in [7, 11) is 0. The van der Waals surface area contributed by atoms with Crippen LogP contribution in [0.3, 0.4) is 0 Å². The zero-order valence-corrected chi connectivity index (χ0v) is 13.2. The molecular weight excluding hydrogens is 298 g/mol. The first kappa shape index (κ1) is 14.9. The normalized spacial score (nSPS) is 14.5. The van der Waals surface area contributed by atoms with Gasteiger partial charge in [-0.2, -0.15) is 0 Å². The van der Waals surface area contributed by atoms with Gasteiger partial charge in [-0.25, -0.2) is 0 Å². The van der Waals surface area contributed by atoms with Crippen molar-refractivity contribution in [3.8, 4) is 5.75 Å². The van der Waals surface area contributed by atoms with Gasteiger partial charge in [-0.05, 0) is 36.6 Å². The molecule has 0 unspecified atom stereocenters. The molecule has 0 aromatic heterocycles. The third-order valence-corrected chi connectivity index (χ3v) is 4.22. The molecule has 1 atom stereocenters. The molecule has 2 aromatic carbocycles. The molecule has 0 aliphatic carbocycles. The highest BCUT2D eigenvalue weighted by atomic mass is 35.5. The van der Waals surface area contributed by atoms with E-state index >= 15 is 0 Å². The maximum Gasteiger partial charge on any atom is 0.268 e. The quantitative estimate of drug-likeness (QED) is 0.850. The second-order valence-corrected chi connectivity index (χ2v) is 5.72. The number of hydrogen-bond donors (Lipinski definition) is 0. The van der Waals surface area contributed by atoms with Crippen molar-refractivity contribution in [1.29, 1.82) is 0 Å². The largest absolute Gasteiger partial charge is 0.479 e. The molecule has 0 saturated heterocycles. The molecule has 1 heterocycles. The van der Waals surface area contributed by atoms with E-state index in [1.807, 2.05) is 42.2 Å². The predicted molar refractivity (Wildman–Crippen MR) is 88.7 cm³/mol. The van der Waals surface area contributed by atoms with Gasteiger partial charge in [0.15, 0.2) is 6.10 Å². The van der Waals surface area contributed by atoms with Crippen molar-refractivity contribution in [3.05, 3.63) is 59.1 Å². The summed E-state index contributed by atoms with van der Waals surface area (Å²) in [6.45, 7) is 2.65. The van der Waals surface area contributed by atoms with E-state index in [1.165, 1.54) is 5.56 Å². The lowest BCUT2D eigenvalue weighted by Gasteiger charge is -2.24. The van der Waals surface area contributed by atoms with Crippen LogP contribution in [0, 0.1) is 0 Å². The van der Waals surface area contributed by atoms with E-state index in [1.54, 1.807) is 12.1 Å². The lowest BCUT2D eigenvalue weighted by atomic mass is 10.2. The second kappa shape index (κ2) is 6.41. The van der Waals surface area contributed by atoms with E-state index in [2.05, 4.69) is 6.07 Å². The Bertz CT molecular complexity index is 686. The van der Waals surface area contributed by atoms with Gasteiger partial charge in [-0.3, -0.25) is 4.79 Å². The average Bonchev–Trinajstić information content (AvgIpc) is 2.97. The second-order valence-electron chi connectivity index (χ2n) is 5.31. The monoisotopic (exact) mass is 315 g/mol. The number of halogens is 1. The molecule has 0 spiro atoms. The number of ether oxygens (including phenoxy) is 1. The molecule has 0 bridgehead atoms. The van der Waals surface area contributed by atoms with Crippen LogP contribution in [0.5, 0.6) is 5.75 Å². The molecular formula is C18H18ClNO2. The number of carbonyl (C=O) groups excluding carboxylic acids is 1. The molecule has 3 rings (SSSR count). The van der Waals surface area contributed by atoms with E-state index < -0.39 is 6.10 Å². The summed E-state index contributed by atoms with van der Waals surface area (Å²) in [6, 6.07) is 15.3. The number of carbonyl (C=O) groups is 1. The summed E-state index contributed by atoms with van der Waals surface area (Å²) in [5.74, 6) is 0.546. The van der Waals surface area contributed by atoms with Crippen LogP contribution in [-0.2, 0) is 11.2 Å². The standard InChI is InChI=1S/C18H18ClNO2/c1-2-16(22-17-10-6-4-8-14(17)19)18(21)20-12-11-13-7-3-5-9-15(13)20/h3-10,16H,2,11-12H2,1H3/t16-/m1/s1. The number of anilines is 1. The van der Waals surface area contributed by atoms with Gasteiger partial charge in [-0.15, -0.1) is 0 Å². The Balaban J connectivity index is 1.80. The first-order valence-electron chi connectivity index (χ1n) is 7.51. The summed E-state index contributed by atoms with van der Waals surface area (Å²) < 4.78 is 5.86. The number of hydrogen-bond acceptors (Lipinski definition) is 2. The molecule has 2 aromatic rings. The van der Waals surface area contributed by atoms with Gasteiger partial charge in [0.2, 0.25) is 0 Å². The molecule has 0 fully saturated rings. The minimum absolute atomic E-state index is 0.00707. The van der Waals surface area contributed by atoms with E-state index in [0.717, 1.165) is 12.1 Å². The Labute approximate surface area is 135 Å². The van der Waals surface area contributed by atoms with Gasteiger partial charge in [0, 0.05) is 12.2 Å². The Morgan fingerprint density at radius 3 is 2.73 bits per heavy atom. The molecule has 1 amide bonds. The fourth-order valence-corrected chi connectivity index (χ4v) is 2.92. The SMILES string of the molecule is CC[C@@H](Oc1ccccc1Cl)C(=O)N1CCc2ccccc21. The Hall–Kier alpha value is -2.00. The van der Waals surface area contributed by atoms with Gasteiger partial charge >= 0.3 is 0 Å². The lowest BCUT2D eigenvalue weighted by molar-refractivity contribution is -0.125. The van der Waals surface area contributed by atoms with Gasteiger partial charge in [0.1, 0.15) is 5.75 Å². The number of amides is 1. The molecule has 0 saturated carbocycles. The number of benzene rings is 2. The van der Waals surface area contributed by atoms with Gasteiger partial charge in [-0.1, -0.05) is 48.9 Å². The van der Waals surface area contributed by atoms with Gasteiger partial charge in [0.05, 0.1) is 5.02 Å². The highest BCUT2D eigenvalue weighted by molar-refractivity contribution is 6.32. The van der Waals surface area contributed by atoms with Crippen molar-refractivity contribution < 1.29 is 9.53 Å². The molecule has 1 aliphatic rings. The van der Waals surface area contributed by atoms with Crippen molar-refractivity contribution in [2.75, 3.05) is 11.4 Å². The smallest absolute Gasteiger partial charge is 0.268 e. The summed E-state index contributed by atoms with van der Waals surface area (Å²) in [5, 5.41) is 0.524. The molecule has 114 valence electrons. The fourth-order valence-electron chi connectivity index (χ4n) is 2.74. The summed E-state index contributed by atoms with van der Waals surface area (Å²) in [6.07, 6.45) is 0.971. The number of fused-ring (bicyclic) bond motifs is 1. The van der Waals surface area contributed by atoms with Crippen LogP contribution in [0.15, 0.2) is 48.5 Å². The molecule has 0 N–H and O–H groups in total. The van der Waals surface area contributed by atoms with Gasteiger partial charge < -0.3 is 9.64 Å². The molecule has 3 nitrogen and oxygen atoms in total. The molecule has 22 heavy (non-hydrogen) atoms. The minimum Gasteiger partial charge on any atom is -0.479 e. The van der Waals surface area contributed by atoms with Crippen molar-refractivity contribution in [3.63, 3.8) is 0 Å². The third kappa shape index (κ3) is 2.81. The highest BCUT2D eigenvalue weighted by Gasteiger charge is 2.30. The maximum absolute atomic E-state index is 12.8. The Morgan fingerprint density at radius 1 is 1.23 bits per heavy atom. The topological polar surface area (TPSA) is 29.5 Å². The predicted octanol–water partition coefficient (Wildman–Crippen LogP) is 4.09. The number of para-hydroxylation sites is 2. The maximum atomic E-state index is 12.8. The van der Waals surface area contributed by atoms with Crippen LogP contribution in [0.4, 0.5) is 5.69 Å². The van der Waals surface area contributed by atoms with Crippen molar-refractivity contribution in [1.82, 2.24) is 0 Å². The van der Waals surface area contributed by atoms with Crippen LogP contribution in [0.1, 0.15) is 18.9 Å². The first-order valence-corrected chi connectivity index (χ1v) is 7.89. The minimum atomic E-state index is -0.522. The Morgan fingerprint density at radius 2 is 1.95 bits per heavy atom. The average molecular weight is 316 g/mol. The lowest BCUT2D eigenvalue weighted by Crippen LogP contribution is -2.41. The highest BCUT2D eigenvalue weighted by Crippen LogP contribution is 2.30. The van der Waals surface area contributed by atoms with E-state index in [9.17, 15) is 4.79 Å². The fraction of sp³-hybridized carbons (Fsp3) is 0.278. The van der Waals surface area contributed by atoms with Crippen LogP contribution in [0.2, 0.25) is 5.02 Å². The Kier molecular flexibility index (Phi) is 4.34. The molecule has 4 heteroatoms. The third-order valence-electron chi connectivity index (χ3n) is 3.91. The summed E-state index contributed by atoms with van der Waals surface area (Å²) in [4.78, 5) is 14.6. The zero-order chi connectivity index (χ0) is 15.5. The van der Waals surface area contributed by atoms with E-state index in [-0.39, 0.29) is 5.91 Å². The van der Waals surface area contributed by atoms with Crippen molar-refractivity contribution in [2.24, 2.45) is 0 Å². The summed E-state index contributed by atoms with van der Waals surface area (Å²) in [5.41, 5.74) is 2.21. The molecule has 0 radical (unpaired) electrons. The van der Waals surface area contributed by atoms with E-state index in [0.29, 0.717) is 23.7 Å².